The molecule has 1 unspecified atom stereocenters. The minimum absolute atomic E-state index is 0.0644. The highest BCUT2D eigenvalue weighted by Gasteiger charge is 2.33. The quantitative estimate of drug-likeness (QED) is 0.206. The average Bonchev–Trinajstić information content (AvgIpc) is 2.23. The Bertz CT molecular complexity index is 252. The van der Waals surface area contributed by atoms with Gasteiger partial charge < -0.3 is 31.3 Å². The fourth-order valence-electron chi connectivity index (χ4n) is 1.54. The first-order valence-electron chi connectivity index (χ1n) is 6.05. The van der Waals surface area contributed by atoms with Crippen LogP contribution in [0.1, 0.15) is 26.2 Å². The molecule has 106 valence electrons. The molecule has 7 nitrogen and oxygen atoms in total. The van der Waals surface area contributed by atoms with Crippen LogP contribution >= 0.6 is 0 Å². The van der Waals surface area contributed by atoms with E-state index in [4.69, 9.17) is 26.0 Å². The van der Waals surface area contributed by atoms with Crippen molar-refractivity contribution in [2.45, 2.75) is 44.1 Å². The molecule has 0 fully saturated rings. The van der Waals surface area contributed by atoms with Crippen LogP contribution in [0.4, 0.5) is 0 Å². The molecule has 0 aromatic heterocycles. The van der Waals surface area contributed by atoms with E-state index in [1.165, 1.54) is 0 Å². The lowest BCUT2D eigenvalue weighted by atomic mass is 9.82. The Hall–Kier alpha value is -0.665. The zero-order valence-electron chi connectivity index (χ0n) is 10.7. The molecule has 0 spiro atoms. The van der Waals surface area contributed by atoms with Crippen molar-refractivity contribution in [3.05, 3.63) is 0 Å². The van der Waals surface area contributed by atoms with Crippen molar-refractivity contribution in [3.63, 3.8) is 0 Å². The van der Waals surface area contributed by atoms with Crippen LogP contribution in [-0.2, 0) is 4.79 Å². The minimum atomic E-state index is -1.39. The third kappa shape index (κ3) is 7.62. The van der Waals surface area contributed by atoms with E-state index >= 15 is 0 Å². The zero-order valence-corrected chi connectivity index (χ0v) is 10.7. The molecule has 0 radical (unpaired) electrons. The Labute approximate surface area is 107 Å². The van der Waals surface area contributed by atoms with Gasteiger partial charge in [0.1, 0.15) is 5.54 Å². The van der Waals surface area contributed by atoms with Crippen molar-refractivity contribution in [2.75, 3.05) is 13.1 Å². The summed E-state index contributed by atoms with van der Waals surface area (Å²) in [4.78, 5) is 11.1. The van der Waals surface area contributed by atoms with Gasteiger partial charge in [-0.05, 0) is 19.7 Å². The van der Waals surface area contributed by atoms with E-state index in [2.05, 4.69) is 5.32 Å². The van der Waals surface area contributed by atoms with E-state index in [1.54, 1.807) is 6.92 Å². The summed E-state index contributed by atoms with van der Waals surface area (Å²) in [6, 6.07) is 0. The van der Waals surface area contributed by atoms with Crippen molar-refractivity contribution in [1.29, 1.82) is 0 Å². The first-order chi connectivity index (χ1) is 8.28. The lowest BCUT2D eigenvalue weighted by Gasteiger charge is -2.25. The maximum absolute atomic E-state index is 11.1. The highest BCUT2D eigenvalue weighted by molar-refractivity contribution is 6.40. The van der Waals surface area contributed by atoms with Gasteiger partial charge in [-0.2, -0.15) is 0 Å². The molecule has 0 saturated carbocycles. The van der Waals surface area contributed by atoms with Crippen molar-refractivity contribution in [2.24, 2.45) is 5.73 Å². The third-order valence-electron chi connectivity index (χ3n) is 2.64. The molecular weight excluding hydrogens is 239 g/mol. The van der Waals surface area contributed by atoms with Gasteiger partial charge in [-0.1, -0.05) is 12.8 Å². The predicted octanol–water partition coefficient (Wildman–Crippen LogP) is -1.62. The third-order valence-corrected chi connectivity index (χ3v) is 2.64. The summed E-state index contributed by atoms with van der Waals surface area (Å²) >= 11 is 0. The van der Waals surface area contributed by atoms with Gasteiger partial charge in [0.15, 0.2) is 0 Å². The summed E-state index contributed by atoms with van der Waals surface area (Å²) in [5.74, 6) is -1.11. The second-order valence-corrected chi connectivity index (χ2v) is 4.67. The smallest absolute Gasteiger partial charge is 0.451 e. The Morgan fingerprint density at radius 1 is 1.44 bits per heavy atom. The topological polar surface area (TPSA) is 136 Å². The summed E-state index contributed by atoms with van der Waals surface area (Å²) in [5.41, 5.74) is 4.38. The molecule has 0 amide bonds. The lowest BCUT2D eigenvalue weighted by molar-refractivity contribution is -0.143. The summed E-state index contributed by atoms with van der Waals surface area (Å²) in [6.45, 7) is 1.94. The maximum atomic E-state index is 11.1. The van der Waals surface area contributed by atoms with E-state index in [-0.39, 0.29) is 25.8 Å². The monoisotopic (exact) mass is 262 g/mol. The second-order valence-electron chi connectivity index (χ2n) is 4.67. The van der Waals surface area contributed by atoms with Crippen LogP contribution in [0.25, 0.3) is 0 Å². The number of aliphatic carboxylic acids is 1. The van der Waals surface area contributed by atoms with Crippen LogP contribution in [0.2, 0.25) is 6.32 Å². The Morgan fingerprint density at radius 2 is 2.06 bits per heavy atom. The van der Waals surface area contributed by atoms with Crippen molar-refractivity contribution in [1.82, 2.24) is 5.32 Å². The fourth-order valence-corrected chi connectivity index (χ4v) is 1.54. The van der Waals surface area contributed by atoms with E-state index in [0.717, 1.165) is 0 Å². The van der Waals surface area contributed by atoms with Gasteiger partial charge in [-0.25, -0.2) is 0 Å². The molecule has 0 saturated heterocycles. The highest BCUT2D eigenvalue weighted by Crippen LogP contribution is 2.13. The number of hydrogen-bond donors (Lipinski definition) is 6. The van der Waals surface area contributed by atoms with Gasteiger partial charge in [-0.15, -0.1) is 0 Å². The van der Waals surface area contributed by atoms with Gasteiger partial charge >= 0.3 is 13.1 Å². The average molecular weight is 262 g/mol. The molecule has 7 N–H and O–H groups in total. The molecule has 0 aliphatic heterocycles. The van der Waals surface area contributed by atoms with Crippen LogP contribution in [0, 0.1) is 0 Å². The summed E-state index contributed by atoms with van der Waals surface area (Å²) < 4.78 is 0. The summed E-state index contributed by atoms with van der Waals surface area (Å²) in [5, 5.41) is 38.3. The minimum Gasteiger partial charge on any atom is -0.480 e. The van der Waals surface area contributed by atoms with Crippen LogP contribution in [0.15, 0.2) is 0 Å². The number of carboxylic acids is 1. The largest absolute Gasteiger partial charge is 0.480 e. The summed E-state index contributed by atoms with van der Waals surface area (Å²) in [6.07, 6.45) is 0.878. The van der Waals surface area contributed by atoms with Crippen molar-refractivity contribution in [3.8, 4) is 0 Å². The normalized spacial score (nSPS) is 16.1. The first kappa shape index (κ1) is 17.3. The molecule has 0 rings (SSSR count). The number of unbranched alkanes of at least 4 members (excludes halogenated alkanes) is 1. The van der Waals surface area contributed by atoms with Gasteiger partial charge in [0.05, 0.1) is 6.10 Å². The Balaban J connectivity index is 4.05. The van der Waals surface area contributed by atoms with Gasteiger partial charge in [0.2, 0.25) is 0 Å². The van der Waals surface area contributed by atoms with E-state index in [9.17, 15) is 4.79 Å². The number of carbonyl (C=O) groups is 1. The molecule has 0 aliphatic rings. The van der Waals surface area contributed by atoms with E-state index in [1.807, 2.05) is 0 Å². The number of aliphatic hydroxyl groups is 1. The molecule has 2 atom stereocenters. The number of aliphatic hydroxyl groups excluding tert-OH is 1. The van der Waals surface area contributed by atoms with Crippen LogP contribution < -0.4 is 11.1 Å². The molecule has 8 heteroatoms. The van der Waals surface area contributed by atoms with E-state index < -0.39 is 24.7 Å². The van der Waals surface area contributed by atoms with Gasteiger partial charge in [0.25, 0.3) is 0 Å². The van der Waals surface area contributed by atoms with Crippen LogP contribution in [0.5, 0.6) is 0 Å². The van der Waals surface area contributed by atoms with Crippen molar-refractivity contribution >= 4 is 13.1 Å². The Morgan fingerprint density at radius 3 is 2.50 bits per heavy atom. The molecule has 0 bridgehead atoms. The molecular formula is C10H23BN2O5. The molecule has 0 aromatic carbocycles. The molecule has 18 heavy (non-hydrogen) atoms. The number of rotatable bonds is 10. The Kier molecular flexibility index (Phi) is 8.13. The van der Waals surface area contributed by atoms with Crippen LogP contribution in [-0.4, -0.2) is 58.1 Å². The predicted molar refractivity (Wildman–Crippen MR) is 68.0 cm³/mol. The number of carboxylic acid groups (broad SMARTS) is 1. The maximum Gasteiger partial charge on any atom is 0.451 e. The van der Waals surface area contributed by atoms with Crippen molar-refractivity contribution < 1.29 is 25.1 Å². The highest BCUT2D eigenvalue weighted by atomic mass is 16.4. The summed E-state index contributed by atoms with van der Waals surface area (Å²) in [7, 11) is -1.37. The van der Waals surface area contributed by atoms with Crippen LogP contribution in [0.3, 0.4) is 0 Å². The van der Waals surface area contributed by atoms with Gasteiger partial charge in [0, 0.05) is 13.1 Å². The van der Waals surface area contributed by atoms with E-state index in [0.29, 0.717) is 12.8 Å². The SMILES string of the molecule is C[C@@H](O)CNCC(N)(CCCCB(O)O)C(=O)O. The molecule has 0 heterocycles. The lowest BCUT2D eigenvalue weighted by Crippen LogP contribution is -2.55. The van der Waals surface area contributed by atoms with Gasteiger partial charge in [-0.3, -0.25) is 4.79 Å². The number of nitrogens with one attached hydrogen (secondary N) is 1. The first-order valence-corrected chi connectivity index (χ1v) is 6.05. The molecule has 0 aliphatic carbocycles. The zero-order chi connectivity index (χ0) is 14.2. The standard InChI is InChI=1S/C10H23BN2O5/c1-8(14)6-13-7-10(12,9(15)16)4-2-3-5-11(17)18/h8,13-14,17-18H,2-7,12H2,1H3,(H,15,16)/t8-,10?/m1/s1. The fraction of sp³-hybridized carbons (Fsp3) is 0.900. The molecule has 0 aromatic rings. The number of nitrogens with two attached hydrogens (primary N) is 1. The second kappa shape index (κ2) is 8.44. The number of hydrogen-bond acceptors (Lipinski definition) is 6.